The van der Waals surface area contributed by atoms with E-state index in [-0.39, 0.29) is 33.7 Å². The second-order valence-corrected chi connectivity index (χ2v) is 12.4. The van der Waals surface area contributed by atoms with E-state index in [9.17, 15) is 14.0 Å². The number of morpholine rings is 1. The third kappa shape index (κ3) is 6.56. The summed E-state index contributed by atoms with van der Waals surface area (Å²) in [5.41, 5.74) is 0.756. The molecule has 0 saturated carbocycles. The van der Waals surface area contributed by atoms with Crippen molar-refractivity contribution in [2.75, 3.05) is 52.4 Å². The Labute approximate surface area is 234 Å². The summed E-state index contributed by atoms with van der Waals surface area (Å²) >= 11 is 3.76. The molecule has 4 heterocycles. The number of amides is 1. The van der Waals surface area contributed by atoms with Gasteiger partial charge in [-0.25, -0.2) is 9.37 Å². The zero-order valence-corrected chi connectivity index (χ0v) is 23.9. The lowest BCUT2D eigenvalue weighted by Gasteiger charge is -2.43. The van der Waals surface area contributed by atoms with Crippen molar-refractivity contribution < 1.29 is 18.7 Å². The number of likely N-dealkylation sites (tertiary alicyclic amines) is 1. The number of hydrogen-bond acceptors (Lipinski definition) is 8. The van der Waals surface area contributed by atoms with Crippen LogP contribution < -0.4 is 5.32 Å². The minimum Gasteiger partial charge on any atom is -0.365 e. The van der Waals surface area contributed by atoms with Gasteiger partial charge < -0.3 is 15.0 Å². The lowest BCUT2D eigenvalue weighted by Crippen LogP contribution is -2.61. The molecule has 5 rings (SSSR count). The molecule has 4 atom stereocenters. The standard InChI is InChI=1S/C26H33FIN5O3S/c1-17-12-32(20(11-29-17)13-31-9-10-36-23(28)14-31)15-24(34)33-8-2-3-22(33)26-30-21(16-37-26)25(35)18-4-6-19(27)7-5-18/h4-7,16-17,20,22-23,29H,2-3,8-15H2,1H3/t17-,20-,22+,23-/m1/s1. The van der Waals surface area contributed by atoms with Crippen LogP contribution in [0, 0.1) is 5.82 Å². The van der Waals surface area contributed by atoms with Gasteiger partial charge in [0, 0.05) is 62.3 Å². The molecule has 37 heavy (non-hydrogen) atoms. The Hall–Kier alpha value is -1.51. The Bertz CT molecular complexity index is 1100. The number of carbonyl (C=O) groups is 2. The van der Waals surface area contributed by atoms with Crippen LogP contribution in [-0.2, 0) is 9.53 Å². The van der Waals surface area contributed by atoms with Crippen molar-refractivity contribution >= 4 is 45.6 Å². The fraction of sp³-hybridized carbons (Fsp3) is 0.577. The molecule has 2 aromatic rings. The highest BCUT2D eigenvalue weighted by molar-refractivity contribution is 14.1. The first-order chi connectivity index (χ1) is 17.9. The monoisotopic (exact) mass is 641 g/mol. The highest BCUT2D eigenvalue weighted by Crippen LogP contribution is 2.34. The van der Waals surface area contributed by atoms with Crippen molar-refractivity contribution in [2.24, 2.45) is 0 Å². The van der Waals surface area contributed by atoms with Gasteiger partial charge in [0.1, 0.15) is 20.6 Å². The molecule has 3 aliphatic heterocycles. The maximum Gasteiger partial charge on any atom is 0.237 e. The van der Waals surface area contributed by atoms with Crippen LogP contribution in [0.25, 0.3) is 0 Å². The van der Waals surface area contributed by atoms with Gasteiger partial charge in [-0.1, -0.05) is 0 Å². The smallest absolute Gasteiger partial charge is 0.237 e. The number of hydrogen-bond donors (Lipinski definition) is 1. The molecule has 0 unspecified atom stereocenters. The number of nitrogens with one attached hydrogen (secondary N) is 1. The number of aromatic nitrogens is 1. The Balaban J connectivity index is 1.24. The van der Waals surface area contributed by atoms with E-state index in [2.05, 4.69) is 49.6 Å². The molecule has 0 aliphatic carbocycles. The topological polar surface area (TPSA) is 78.0 Å². The second kappa shape index (κ2) is 12.1. The number of rotatable bonds is 7. The quantitative estimate of drug-likeness (QED) is 0.283. The normalized spacial score (nSPS) is 27.5. The summed E-state index contributed by atoms with van der Waals surface area (Å²) in [5.74, 6) is -0.485. The molecular formula is C26H33FIN5O3S. The lowest BCUT2D eigenvalue weighted by atomic mass is 10.1. The number of alkyl halides is 1. The molecule has 0 radical (unpaired) electrons. The number of halogens is 2. The molecule has 1 N–H and O–H groups in total. The van der Waals surface area contributed by atoms with E-state index in [1.54, 1.807) is 5.38 Å². The van der Waals surface area contributed by atoms with Crippen LogP contribution in [0.4, 0.5) is 4.39 Å². The van der Waals surface area contributed by atoms with E-state index in [1.165, 1.54) is 35.6 Å². The maximum absolute atomic E-state index is 13.6. The first kappa shape index (κ1) is 27.1. The van der Waals surface area contributed by atoms with Crippen molar-refractivity contribution in [1.82, 2.24) is 25.0 Å². The summed E-state index contributed by atoms with van der Waals surface area (Å²) in [7, 11) is 0. The van der Waals surface area contributed by atoms with Gasteiger partial charge in [0.25, 0.3) is 0 Å². The maximum atomic E-state index is 13.6. The van der Waals surface area contributed by atoms with Gasteiger partial charge >= 0.3 is 0 Å². The fourth-order valence-electron chi connectivity index (χ4n) is 5.41. The molecule has 1 aromatic heterocycles. The summed E-state index contributed by atoms with van der Waals surface area (Å²) in [5, 5.41) is 6.13. The molecule has 0 spiro atoms. The minimum absolute atomic E-state index is 0.106. The first-order valence-electron chi connectivity index (χ1n) is 12.9. The molecule has 3 fully saturated rings. The molecule has 1 aromatic carbocycles. The molecule has 11 heteroatoms. The second-order valence-electron chi connectivity index (χ2n) is 10.1. The van der Waals surface area contributed by atoms with Crippen LogP contribution in [0.3, 0.4) is 0 Å². The zero-order chi connectivity index (χ0) is 25.9. The molecule has 3 saturated heterocycles. The zero-order valence-electron chi connectivity index (χ0n) is 20.9. The average Bonchev–Trinajstić information content (AvgIpc) is 3.56. The third-order valence-corrected chi connectivity index (χ3v) is 9.06. The highest BCUT2D eigenvalue weighted by Gasteiger charge is 2.36. The summed E-state index contributed by atoms with van der Waals surface area (Å²) in [4.78, 5) is 37.8. The SMILES string of the molecule is C[C@@H]1CN(CC(=O)N2CCC[C@H]2c2nc(C(=O)c3ccc(F)cc3)cs2)[C@@H](CN2CCO[C@@H](I)C2)CN1. The van der Waals surface area contributed by atoms with Crippen molar-refractivity contribution in [3.63, 3.8) is 0 Å². The van der Waals surface area contributed by atoms with Gasteiger partial charge in [-0.2, -0.15) is 0 Å². The molecule has 8 nitrogen and oxygen atoms in total. The summed E-state index contributed by atoms with van der Waals surface area (Å²) < 4.78 is 19.1. The van der Waals surface area contributed by atoms with Gasteiger partial charge in [-0.3, -0.25) is 19.4 Å². The summed E-state index contributed by atoms with van der Waals surface area (Å²) in [6, 6.07) is 6.00. The number of carbonyl (C=O) groups excluding carboxylic acids is 2. The average molecular weight is 642 g/mol. The van der Waals surface area contributed by atoms with E-state index in [1.807, 2.05) is 4.90 Å². The van der Waals surface area contributed by atoms with Crippen LogP contribution >= 0.6 is 33.9 Å². The largest absolute Gasteiger partial charge is 0.365 e. The van der Waals surface area contributed by atoms with Crippen LogP contribution in [0.5, 0.6) is 0 Å². The van der Waals surface area contributed by atoms with Gasteiger partial charge in [0.2, 0.25) is 11.7 Å². The van der Waals surface area contributed by atoms with Gasteiger partial charge in [-0.15, -0.1) is 11.3 Å². The number of nitrogens with zero attached hydrogens (tertiary/aromatic N) is 4. The van der Waals surface area contributed by atoms with Gasteiger partial charge in [0.15, 0.2) is 0 Å². The Kier molecular flexibility index (Phi) is 8.87. The van der Waals surface area contributed by atoms with Crippen LogP contribution in [-0.4, -0.2) is 100.0 Å². The Morgan fingerprint density at radius 2 is 2.05 bits per heavy atom. The van der Waals surface area contributed by atoms with E-state index in [4.69, 9.17) is 4.74 Å². The fourth-order valence-corrected chi connectivity index (χ4v) is 7.16. The molecule has 3 aliphatic rings. The van der Waals surface area contributed by atoms with E-state index < -0.39 is 0 Å². The molecular weight excluding hydrogens is 608 g/mol. The van der Waals surface area contributed by atoms with Crippen molar-refractivity contribution in [3.05, 3.63) is 51.7 Å². The van der Waals surface area contributed by atoms with Gasteiger partial charge in [-0.05, 0) is 66.6 Å². The van der Waals surface area contributed by atoms with Crippen molar-refractivity contribution in [2.45, 2.75) is 42.0 Å². The van der Waals surface area contributed by atoms with Crippen LogP contribution in [0.15, 0.2) is 29.6 Å². The predicted molar refractivity (Wildman–Crippen MR) is 149 cm³/mol. The van der Waals surface area contributed by atoms with Gasteiger partial charge in [0.05, 0.1) is 19.2 Å². The lowest BCUT2D eigenvalue weighted by molar-refractivity contribution is -0.134. The first-order valence-corrected chi connectivity index (χ1v) is 15.0. The van der Waals surface area contributed by atoms with Crippen molar-refractivity contribution in [3.8, 4) is 0 Å². The molecule has 1 amide bonds. The number of benzene rings is 1. The van der Waals surface area contributed by atoms with Crippen LogP contribution in [0.2, 0.25) is 0 Å². The number of ether oxygens (including phenoxy) is 1. The summed E-state index contributed by atoms with van der Waals surface area (Å²) in [6.07, 6.45) is 1.76. The number of ketones is 1. The van der Waals surface area contributed by atoms with E-state index in [0.29, 0.717) is 30.4 Å². The van der Waals surface area contributed by atoms with E-state index >= 15 is 0 Å². The van der Waals surface area contributed by atoms with E-state index in [0.717, 1.165) is 57.2 Å². The highest BCUT2D eigenvalue weighted by atomic mass is 127. The number of thiazole rings is 1. The third-order valence-electron chi connectivity index (χ3n) is 7.36. The molecule has 200 valence electrons. The number of piperazine rings is 1. The van der Waals surface area contributed by atoms with Crippen molar-refractivity contribution in [1.29, 1.82) is 0 Å². The Morgan fingerprint density at radius 1 is 1.24 bits per heavy atom. The molecule has 0 bridgehead atoms. The van der Waals surface area contributed by atoms with Crippen LogP contribution in [0.1, 0.15) is 46.9 Å². The summed E-state index contributed by atoms with van der Waals surface area (Å²) in [6.45, 7) is 8.45. The predicted octanol–water partition coefficient (Wildman–Crippen LogP) is 2.93. The Morgan fingerprint density at radius 3 is 2.84 bits per heavy atom. The minimum atomic E-state index is -0.379.